The third kappa shape index (κ3) is 2.22. The normalized spacial score (nSPS) is 10.9. The smallest absolute Gasteiger partial charge is 0.358 e. The lowest BCUT2D eigenvalue weighted by atomic mass is 10.2. The van der Waals surface area contributed by atoms with Crippen molar-refractivity contribution in [2.75, 3.05) is 20.8 Å². The number of hydrogen-bond donors (Lipinski definition) is 0. The van der Waals surface area contributed by atoms with E-state index < -0.39 is 5.97 Å². The first-order valence-electron chi connectivity index (χ1n) is 6.89. The Balaban J connectivity index is 2.29. The van der Waals surface area contributed by atoms with Gasteiger partial charge in [0.2, 0.25) is 0 Å². The number of nitrogens with zero attached hydrogens (tertiary/aromatic N) is 2. The highest BCUT2D eigenvalue weighted by Gasteiger charge is 2.15. The standard InChI is InChI=1S/C16H16N2O4/c1-4-22-16(19)12-9-18-13-7-10(20-2)5-6-11(13)14(21-3)8-15(18)17-12/h5-9H,4H2,1-3H3. The van der Waals surface area contributed by atoms with Crippen LogP contribution in [-0.4, -0.2) is 36.2 Å². The van der Waals surface area contributed by atoms with E-state index in [1.54, 1.807) is 33.4 Å². The topological polar surface area (TPSA) is 62.1 Å². The molecule has 22 heavy (non-hydrogen) atoms. The minimum absolute atomic E-state index is 0.263. The average Bonchev–Trinajstić information content (AvgIpc) is 2.98. The fourth-order valence-electron chi connectivity index (χ4n) is 2.40. The van der Waals surface area contributed by atoms with Crippen LogP contribution in [0.4, 0.5) is 0 Å². The highest BCUT2D eigenvalue weighted by atomic mass is 16.5. The number of esters is 1. The van der Waals surface area contributed by atoms with Gasteiger partial charge in [0.1, 0.15) is 17.1 Å². The summed E-state index contributed by atoms with van der Waals surface area (Å²) < 4.78 is 17.5. The summed E-state index contributed by atoms with van der Waals surface area (Å²) in [7, 11) is 3.21. The number of methoxy groups -OCH3 is 2. The third-order valence-electron chi connectivity index (χ3n) is 3.43. The van der Waals surface area contributed by atoms with Crippen LogP contribution in [0.2, 0.25) is 0 Å². The second kappa shape index (κ2) is 5.55. The molecule has 0 amide bonds. The fourth-order valence-corrected chi connectivity index (χ4v) is 2.40. The van der Waals surface area contributed by atoms with Crippen molar-refractivity contribution in [3.63, 3.8) is 0 Å². The minimum Gasteiger partial charge on any atom is -0.497 e. The Morgan fingerprint density at radius 2 is 2.05 bits per heavy atom. The summed E-state index contributed by atoms with van der Waals surface area (Å²) in [5, 5.41) is 0.906. The molecule has 0 fully saturated rings. The SMILES string of the molecule is CCOC(=O)c1cn2c(cc(OC)c3ccc(OC)cc32)n1. The molecule has 114 valence electrons. The number of fused-ring (bicyclic) bond motifs is 3. The van der Waals surface area contributed by atoms with E-state index in [9.17, 15) is 4.79 Å². The molecular weight excluding hydrogens is 284 g/mol. The maximum absolute atomic E-state index is 11.9. The van der Waals surface area contributed by atoms with Crippen LogP contribution in [0.15, 0.2) is 30.5 Å². The lowest BCUT2D eigenvalue weighted by Gasteiger charge is -2.09. The molecule has 0 N–H and O–H groups in total. The number of hydrogen-bond acceptors (Lipinski definition) is 5. The Kier molecular flexibility index (Phi) is 3.58. The maximum atomic E-state index is 11.9. The maximum Gasteiger partial charge on any atom is 0.358 e. The number of carbonyl (C=O) groups excluding carboxylic acids is 1. The summed E-state index contributed by atoms with van der Waals surface area (Å²) >= 11 is 0. The van der Waals surface area contributed by atoms with Gasteiger partial charge in [0.15, 0.2) is 5.69 Å². The van der Waals surface area contributed by atoms with E-state index >= 15 is 0 Å². The zero-order valence-electron chi connectivity index (χ0n) is 12.6. The van der Waals surface area contributed by atoms with E-state index in [2.05, 4.69) is 4.98 Å². The predicted molar refractivity (Wildman–Crippen MR) is 81.8 cm³/mol. The molecule has 0 radical (unpaired) electrons. The molecule has 0 aliphatic carbocycles. The molecule has 3 aromatic rings. The van der Waals surface area contributed by atoms with Crippen LogP contribution in [0.1, 0.15) is 17.4 Å². The number of aromatic nitrogens is 2. The van der Waals surface area contributed by atoms with Crippen molar-refractivity contribution >= 4 is 22.5 Å². The molecule has 0 atom stereocenters. The fraction of sp³-hybridized carbons (Fsp3) is 0.250. The summed E-state index contributed by atoms with van der Waals surface area (Å²) in [4.78, 5) is 16.2. The molecule has 1 aromatic carbocycles. The van der Waals surface area contributed by atoms with Crippen molar-refractivity contribution in [2.24, 2.45) is 0 Å². The van der Waals surface area contributed by atoms with Gasteiger partial charge in [0, 0.05) is 23.7 Å². The van der Waals surface area contributed by atoms with Crippen molar-refractivity contribution in [3.8, 4) is 11.5 Å². The van der Waals surface area contributed by atoms with Gasteiger partial charge in [-0.25, -0.2) is 9.78 Å². The van der Waals surface area contributed by atoms with Crippen molar-refractivity contribution in [1.82, 2.24) is 9.38 Å². The quantitative estimate of drug-likeness (QED) is 0.693. The van der Waals surface area contributed by atoms with Crippen molar-refractivity contribution < 1.29 is 19.0 Å². The Morgan fingerprint density at radius 1 is 1.23 bits per heavy atom. The van der Waals surface area contributed by atoms with Crippen molar-refractivity contribution in [1.29, 1.82) is 0 Å². The van der Waals surface area contributed by atoms with E-state index in [0.29, 0.717) is 23.8 Å². The molecule has 2 aromatic heterocycles. The summed E-state index contributed by atoms with van der Waals surface area (Å²) in [6.07, 6.45) is 1.66. The van der Waals surface area contributed by atoms with Crippen LogP contribution in [0.5, 0.6) is 11.5 Å². The summed E-state index contributed by atoms with van der Waals surface area (Å²) in [6, 6.07) is 7.44. The first-order valence-corrected chi connectivity index (χ1v) is 6.89. The Labute approximate surface area is 127 Å². The van der Waals surface area contributed by atoms with Gasteiger partial charge in [-0.3, -0.25) is 4.40 Å². The third-order valence-corrected chi connectivity index (χ3v) is 3.43. The van der Waals surface area contributed by atoms with Crippen LogP contribution in [0.3, 0.4) is 0 Å². The number of carbonyl (C=O) groups is 1. The van der Waals surface area contributed by atoms with Gasteiger partial charge in [-0.2, -0.15) is 0 Å². The van der Waals surface area contributed by atoms with Crippen LogP contribution < -0.4 is 9.47 Å². The Hall–Kier alpha value is -2.76. The van der Waals surface area contributed by atoms with Crippen LogP contribution >= 0.6 is 0 Å². The highest BCUT2D eigenvalue weighted by Crippen LogP contribution is 2.30. The molecule has 6 nitrogen and oxygen atoms in total. The monoisotopic (exact) mass is 300 g/mol. The Bertz CT molecular complexity index is 854. The molecule has 3 rings (SSSR count). The zero-order chi connectivity index (χ0) is 15.7. The molecule has 6 heteroatoms. The van der Waals surface area contributed by atoms with Gasteiger partial charge >= 0.3 is 5.97 Å². The molecule has 0 unspecified atom stereocenters. The van der Waals surface area contributed by atoms with Crippen LogP contribution in [0.25, 0.3) is 16.6 Å². The van der Waals surface area contributed by atoms with Gasteiger partial charge in [-0.15, -0.1) is 0 Å². The largest absolute Gasteiger partial charge is 0.497 e. The highest BCUT2D eigenvalue weighted by molar-refractivity contribution is 5.92. The van der Waals surface area contributed by atoms with Gasteiger partial charge in [-0.05, 0) is 19.1 Å². The van der Waals surface area contributed by atoms with Crippen molar-refractivity contribution in [2.45, 2.75) is 6.92 Å². The first-order chi connectivity index (χ1) is 10.7. The van der Waals surface area contributed by atoms with E-state index in [1.807, 2.05) is 22.6 Å². The van der Waals surface area contributed by atoms with Gasteiger partial charge < -0.3 is 14.2 Å². The number of ether oxygens (including phenoxy) is 3. The molecule has 0 spiro atoms. The number of imidazole rings is 1. The number of benzene rings is 1. The lowest BCUT2D eigenvalue weighted by molar-refractivity contribution is 0.0520. The van der Waals surface area contributed by atoms with Gasteiger partial charge in [0.25, 0.3) is 0 Å². The Morgan fingerprint density at radius 3 is 2.73 bits per heavy atom. The molecular formula is C16H16N2O4. The second-order valence-corrected chi connectivity index (χ2v) is 4.67. The molecule has 0 saturated heterocycles. The van der Waals surface area contributed by atoms with Crippen LogP contribution in [-0.2, 0) is 4.74 Å². The van der Waals surface area contributed by atoms with Gasteiger partial charge in [-0.1, -0.05) is 0 Å². The summed E-state index contributed by atoms with van der Waals surface area (Å²) in [5.74, 6) is 0.959. The first kappa shape index (κ1) is 14.2. The van der Waals surface area contributed by atoms with E-state index in [1.165, 1.54) is 0 Å². The minimum atomic E-state index is -0.443. The molecule has 0 aliphatic heterocycles. The molecule has 0 aliphatic rings. The number of pyridine rings is 1. The van der Waals surface area contributed by atoms with Gasteiger partial charge in [0.05, 0.1) is 26.3 Å². The number of rotatable bonds is 4. The molecule has 0 bridgehead atoms. The van der Waals surface area contributed by atoms with E-state index in [-0.39, 0.29) is 5.69 Å². The van der Waals surface area contributed by atoms with Crippen molar-refractivity contribution in [3.05, 3.63) is 36.2 Å². The summed E-state index contributed by atoms with van der Waals surface area (Å²) in [6.45, 7) is 2.07. The molecule has 0 saturated carbocycles. The second-order valence-electron chi connectivity index (χ2n) is 4.67. The van der Waals surface area contributed by atoms with Crippen LogP contribution in [0, 0.1) is 0 Å². The lowest BCUT2D eigenvalue weighted by Crippen LogP contribution is -2.04. The average molecular weight is 300 g/mol. The van der Waals surface area contributed by atoms with E-state index in [0.717, 1.165) is 10.9 Å². The summed E-state index contributed by atoms with van der Waals surface area (Å²) in [5.41, 5.74) is 1.72. The predicted octanol–water partition coefficient (Wildman–Crippen LogP) is 2.68. The van der Waals surface area contributed by atoms with E-state index in [4.69, 9.17) is 14.2 Å². The zero-order valence-corrected chi connectivity index (χ0v) is 12.6. The molecule has 2 heterocycles.